The molecule has 0 saturated carbocycles. The maximum Gasteiger partial charge on any atom is 0.234 e. The highest BCUT2D eigenvalue weighted by Gasteiger charge is 2.06. The monoisotopic (exact) mass is 332 g/mol. The lowest BCUT2D eigenvalue weighted by atomic mass is 10.1. The van der Waals surface area contributed by atoms with E-state index in [4.69, 9.17) is 16.3 Å². The van der Waals surface area contributed by atoms with Crippen LogP contribution in [0.1, 0.15) is 18.5 Å². The summed E-state index contributed by atoms with van der Waals surface area (Å²) in [7, 11) is 0. The van der Waals surface area contributed by atoms with Crippen LogP contribution >= 0.6 is 11.6 Å². The molecule has 0 saturated heterocycles. The number of carbonyl (C=O) groups is 1. The second-order valence-corrected chi connectivity index (χ2v) is 5.60. The van der Waals surface area contributed by atoms with Crippen LogP contribution in [-0.4, -0.2) is 25.6 Å². The first-order chi connectivity index (χ1) is 11.1. The molecule has 0 fully saturated rings. The van der Waals surface area contributed by atoms with Crippen LogP contribution in [0.15, 0.2) is 54.6 Å². The van der Waals surface area contributed by atoms with Gasteiger partial charge in [0.05, 0.1) is 13.1 Å². The highest BCUT2D eigenvalue weighted by atomic mass is 35.5. The van der Waals surface area contributed by atoms with Crippen molar-refractivity contribution < 1.29 is 9.53 Å². The van der Waals surface area contributed by atoms with Gasteiger partial charge in [-0.1, -0.05) is 41.9 Å². The van der Waals surface area contributed by atoms with E-state index in [1.165, 1.54) is 0 Å². The van der Waals surface area contributed by atoms with Crippen molar-refractivity contribution in [1.82, 2.24) is 10.6 Å². The van der Waals surface area contributed by atoms with Crippen molar-refractivity contribution in [2.45, 2.75) is 13.0 Å². The van der Waals surface area contributed by atoms with E-state index in [1.807, 2.05) is 37.3 Å². The Morgan fingerprint density at radius 1 is 1.13 bits per heavy atom. The average Bonchev–Trinajstić information content (AvgIpc) is 2.59. The zero-order valence-corrected chi connectivity index (χ0v) is 13.8. The fraction of sp³-hybridized carbons (Fsp3) is 0.278. The van der Waals surface area contributed by atoms with Crippen LogP contribution in [0.3, 0.4) is 0 Å². The minimum Gasteiger partial charge on any atom is -0.492 e. The van der Waals surface area contributed by atoms with Crippen LogP contribution in [-0.2, 0) is 4.79 Å². The van der Waals surface area contributed by atoms with Gasteiger partial charge in [-0.05, 0) is 36.8 Å². The Morgan fingerprint density at radius 3 is 2.52 bits per heavy atom. The Hall–Kier alpha value is -2.04. The number of hydrogen-bond donors (Lipinski definition) is 2. The molecular formula is C18H21ClN2O2. The van der Waals surface area contributed by atoms with Gasteiger partial charge < -0.3 is 15.4 Å². The van der Waals surface area contributed by atoms with Crippen molar-refractivity contribution in [2.24, 2.45) is 0 Å². The van der Waals surface area contributed by atoms with Gasteiger partial charge in [0.25, 0.3) is 0 Å². The van der Waals surface area contributed by atoms with E-state index >= 15 is 0 Å². The molecule has 4 nitrogen and oxygen atoms in total. The number of nitrogens with one attached hydrogen (secondary N) is 2. The first-order valence-corrected chi connectivity index (χ1v) is 7.96. The molecule has 23 heavy (non-hydrogen) atoms. The van der Waals surface area contributed by atoms with E-state index in [1.54, 1.807) is 24.3 Å². The quantitative estimate of drug-likeness (QED) is 0.730. The maximum atomic E-state index is 11.8. The zero-order chi connectivity index (χ0) is 16.5. The molecule has 122 valence electrons. The summed E-state index contributed by atoms with van der Waals surface area (Å²) < 4.78 is 5.51. The van der Waals surface area contributed by atoms with Crippen molar-refractivity contribution >= 4 is 17.5 Å². The Balaban J connectivity index is 1.61. The summed E-state index contributed by atoms with van der Waals surface area (Å²) in [4.78, 5) is 11.8. The molecule has 0 spiro atoms. The summed E-state index contributed by atoms with van der Waals surface area (Å²) in [6.07, 6.45) is 0. The van der Waals surface area contributed by atoms with Crippen LogP contribution in [0.25, 0.3) is 0 Å². The zero-order valence-electron chi connectivity index (χ0n) is 13.1. The summed E-state index contributed by atoms with van der Waals surface area (Å²) in [6, 6.07) is 17.3. The van der Waals surface area contributed by atoms with Gasteiger partial charge in [-0.3, -0.25) is 4.79 Å². The molecule has 0 radical (unpaired) electrons. The van der Waals surface area contributed by atoms with Gasteiger partial charge in [-0.15, -0.1) is 0 Å². The highest BCUT2D eigenvalue weighted by molar-refractivity contribution is 6.30. The van der Waals surface area contributed by atoms with Crippen molar-refractivity contribution in [3.05, 3.63) is 65.2 Å². The van der Waals surface area contributed by atoms with Crippen molar-refractivity contribution in [1.29, 1.82) is 0 Å². The third-order valence-electron chi connectivity index (χ3n) is 3.37. The van der Waals surface area contributed by atoms with Gasteiger partial charge in [0.2, 0.25) is 5.91 Å². The number of hydrogen-bond acceptors (Lipinski definition) is 3. The van der Waals surface area contributed by atoms with Crippen LogP contribution in [0.5, 0.6) is 5.75 Å². The van der Waals surface area contributed by atoms with Gasteiger partial charge in [-0.25, -0.2) is 0 Å². The Morgan fingerprint density at radius 2 is 1.83 bits per heavy atom. The molecule has 2 aromatic carbocycles. The van der Waals surface area contributed by atoms with E-state index in [9.17, 15) is 4.79 Å². The Bertz CT molecular complexity index is 602. The summed E-state index contributed by atoms with van der Waals surface area (Å²) >= 11 is 5.80. The summed E-state index contributed by atoms with van der Waals surface area (Å²) in [6.45, 7) is 3.19. The van der Waals surface area contributed by atoms with Crippen molar-refractivity contribution in [2.75, 3.05) is 19.7 Å². The predicted octanol–water partition coefficient (Wildman–Crippen LogP) is 3.19. The number of benzene rings is 2. The molecule has 1 atom stereocenters. The number of carbonyl (C=O) groups excluding carboxylic acids is 1. The van der Waals surface area contributed by atoms with Gasteiger partial charge in [0.1, 0.15) is 12.4 Å². The van der Waals surface area contributed by atoms with E-state index in [0.717, 1.165) is 11.3 Å². The maximum absolute atomic E-state index is 11.8. The van der Waals surface area contributed by atoms with E-state index in [2.05, 4.69) is 10.6 Å². The summed E-state index contributed by atoms with van der Waals surface area (Å²) in [5.74, 6) is 0.687. The predicted molar refractivity (Wildman–Crippen MR) is 92.8 cm³/mol. The molecule has 2 N–H and O–H groups in total. The van der Waals surface area contributed by atoms with E-state index < -0.39 is 0 Å². The molecule has 0 aliphatic carbocycles. The van der Waals surface area contributed by atoms with Crippen LogP contribution in [0.2, 0.25) is 5.02 Å². The average molecular weight is 333 g/mol. The smallest absolute Gasteiger partial charge is 0.234 e. The van der Waals surface area contributed by atoms with E-state index in [0.29, 0.717) is 18.2 Å². The SMILES string of the molecule is C[C@H](NCC(=O)NCCOc1ccc(Cl)cc1)c1ccccc1. The van der Waals surface area contributed by atoms with Gasteiger partial charge in [-0.2, -0.15) is 0 Å². The third-order valence-corrected chi connectivity index (χ3v) is 3.63. The first-order valence-electron chi connectivity index (χ1n) is 7.58. The second kappa shape index (κ2) is 9.18. The number of halogens is 1. The Labute approximate surface area is 141 Å². The third kappa shape index (κ3) is 6.30. The molecule has 0 unspecified atom stereocenters. The fourth-order valence-electron chi connectivity index (χ4n) is 2.06. The lowest BCUT2D eigenvalue weighted by Gasteiger charge is -2.14. The van der Waals surface area contributed by atoms with Gasteiger partial charge in [0.15, 0.2) is 0 Å². The molecule has 0 aliphatic rings. The molecule has 0 aliphatic heterocycles. The topological polar surface area (TPSA) is 50.4 Å². The molecule has 2 rings (SSSR count). The minimum atomic E-state index is -0.0486. The number of ether oxygens (including phenoxy) is 1. The standard InChI is InChI=1S/C18H21ClN2O2/c1-14(15-5-3-2-4-6-15)21-13-18(22)20-11-12-23-17-9-7-16(19)8-10-17/h2-10,14,21H,11-13H2,1H3,(H,20,22)/t14-/m0/s1. The molecule has 1 amide bonds. The highest BCUT2D eigenvalue weighted by Crippen LogP contribution is 2.15. The number of rotatable bonds is 8. The summed E-state index contributed by atoms with van der Waals surface area (Å²) in [5, 5.41) is 6.69. The fourth-order valence-corrected chi connectivity index (χ4v) is 2.18. The molecule has 0 bridgehead atoms. The van der Waals surface area contributed by atoms with Crippen LogP contribution in [0, 0.1) is 0 Å². The van der Waals surface area contributed by atoms with Crippen molar-refractivity contribution in [3.8, 4) is 5.75 Å². The van der Waals surface area contributed by atoms with Crippen LogP contribution in [0.4, 0.5) is 0 Å². The molecule has 5 heteroatoms. The normalized spacial score (nSPS) is 11.7. The molecule has 0 aromatic heterocycles. The Kier molecular flexibility index (Phi) is 6.91. The lowest BCUT2D eigenvalue weighted by Crippen LogP contribution is -2.36. The minimum absolute atomic E-state index is 0.0486. The molecule has 2 aromatic rings. The molecule has 0 heterocycles. The largest absolute Gasteiger partial charge is 0.492 e. The number of amides is 1. The summed E-state index contributed by atoms with van der Waals surface area (Å²) in [5.41, 5.74) is 1.16. The van der Waals surface area contributed by atoms with E-state index in [-0.39, 0.29) is 18.5 Å². The van der Waals surface area contributed by atoms with Crippen LogP contribution < -0.4 is 15.4 Å². The first kappa shape index (κ1) is 17.3. The van der Waals surface area contributed by atoms with Gasteiger partial charge >= 0.3 is 0 Å². The lowest BCUT2D eigenvalue weighted by molar-refractivity contribution is -0.120. The second-order valence-electron chi connectivity index (χ2n) is 5.17. The molecular weight excluding hydrogens is 312 g/mol. The van der Waals surface area contributed by atoms with Crippen molar-refractivity contribution in [3.63, 3.8) is 0 Å². The van der Waals surface area contributed by atoms with Gasteiger partial charge in [0, 0.05) is 11.1 Å².